The second-order valence-corrected chi connectivity index (χ2v) is 7.51. The molecule has 4 rings (SSSR count). The molecule has 128 valence electrons. The Morgan fingerprint density at radius 3 is 2.80 bits per heavy atom. The van der Waals surface area contributed by atoms with Crippen LogP contribution in [0.15, 0.2) is 29.4 Å². The van der Waals surface area contributed by atoms with Crippen LogP contribution in [0, 0.1) is 20.8 Å². The standard InChI is InChI=1S/C18H17ClN4OS/c1-8-9(2)13-14(20)15(25-18(13)21-10(8)3)17-23-22-16(24-17)11-5-4-6-12(19)7-11/h4-7,16,22H,20H2,1-3H3. The molecular weight excluding hydrogens is 356 g/mol. The van der Waals surface area contributed by atoms with Crippen LogP contribution < -0.4 is 11.2 Å². The number of hydrogen-bond donors (Lipinski definition) is 2. The summed E-state index contributed by atoms with van der Waals surface area (Å²) in [7, 11) is 0. The van der Waals surface area contributed by atoms with E-state index in [0.717, 1.165) is 37.5 Å². The summed E-state index contributed by atoms with van der Waals surface area (Å²) in [6.45, 7) is 6.15. The molecule has 5 nitrogen and oxygen atoms in total. The first-order valence-electron chi connectivity index (χ1n) is 7.87. The molecule has 7 heteroatoms. The molecule has 3 N–H and O–H groups in total. The first-order chi connectivity index (χ1) is 12.0. The van der Waals surface area contributed by atoms with Gasteiger partial charge in [-0.1, -0.05) is 23.7 Å². The van der Waals surface area contributed by atoms with Crippen LogP contribution in [0.25, 0.3) is 10.2 Å². The number of pyridine rings is 1. The number of anilines is 1. The van der Waals surface area contributed by atoms with Gasteiger partial charge in [-0.05, 0) is 44.0 Å². The average Bonchev–Trinajstić information content (AvgIpc) is 3.18. The molecule has 2 aromatic heterocycles. The van der Waals surface area contributed by atoms with Crippen LogP contribution in [-0.4, -0.2) is 10.9 Å². The molecule has 0 saturated carbocycles. The monoisotopic (exact) mass is 372 g/mol. The summed E-state index contributed by atoms with van der Waals surface area (Å²) in [4.78, 5) is 6.37. The van der Waals surface area contributed by atoms with Gasteiger partial charge in [0.15, 0.2) is 0 Å². The molecule has 0 radical (unpaired) electrons. The molecule has 1 atom stereocenters. The van der Waals surface area contributed by atoms with E-state index in [9.17, 15) is 0 Å². The van der Waals surface area contributed by atoms with Crippen molar-refractivity contribution < 1.29 is 4.74 Å². The first-order valence-corrected chi connectivity index (χ1v) is 9.06. The maximum Gasteiger partial charge on any atom is 0.252 e. The number of nitrogens with zero attached hydrogens (tertiary/aromatic N) is 2. The van der Waals surface area contributed by atoms with Crippen LogP contribution in [0.3, 0.4) is 0 Å². The zero-order valence-electron chi connectivity index (χ0n) is 14.1. The van der Waals surface area contributed by atoms with Crippen LogP contribution in [0.5, 0.6) is 0 Å². The van der Waals surface area contributed by atoms with Gasteiger partial charge in [0.1, 0.15) is 9.71 Å². The van der Waals surface area contributed by atoms with Gasteiger partial charge in [-0.3, -0.25) is 5.43 Å². The van der Waals surface area contributed by atoms with E-state index in [1.54, 1.807) is 0 Å². The van der Waals surface area contributed by atoms with Crippen LogP contribution >= 0.6 is 22.9 Å². The molecule has 1 aliphatic heterocycles. The molecule has 0 spiro atoms. The Balaban J connectivity index is 1.72. The number of nitrogens with one attached hydrogen (secondary N) is 1. The number of aromatic nitrogens is 1. The normalized spacial score (nSPS) is 16.6. The number of hydrazone groups is 1. The van der Waals surface area contributed by atoms with Crippen molar-refractivity contribution in [2.75, 3.05) is 5.73 Å². The minimum atomic E-state index is -0.379. The van der Waals surface area contributed by atoms with Crippen molar-refractivity contribution in [2.24, 2.45) is 5.10 Å². The summed E-state index contributed by atoms with van der Waals surface area (Å²) in [5.74, 6) is 0.486. The quantitative estimate of drug-likeness (QED) is 0.697. The molecule has 0 aliphatic carbocycles. The van der Waals surface area contributed by atoms with Gasteiger partial charge in [-0.25, -0.2) is 4.98 Å². The SMILES string of the molecule is Cc1nc2sc(C3=NNC(c4cccc(Cl)c4)O3)c(N)c2c(C)c1C. The maximum absolute atomic E-state index is 6.41. The van der Waals surface area contributed by atoms with Gasteiger partial charge >= 0.3 is 0 Å². The van der Waals surface area contributed by atoms with Crippen LogP contribution in [0.2, 0.25) is 5.02 Å². The number of aryl methyl sites for hydroxylation is 2. The summed E-state index contributed by atoms with van der Waals surface area (Å²) in [6.07, 6.45) is -0.379. The number of nitrogen functional groups attached to an aromatic ring is 1. The number of fused-ring (bicyclic) bond motifs is 1. The third-order valence-electron chi connectivity index (χ3n) is 4.53. The third-order valence-corrected chi connectivity index (χ3v) is 5.86. The van der Waals surface area contributed by atoms with Crippen molar-refractivity contribution in [1.29, 1.82) is 0 Å². The second-order valence-electron chi connectivity index (χ2n) is 6.07. The second kappa shape index (κ2) is 5.89. The molecule has 0 fully saturated rings. The van der Waals surface area contributed by atoms with Crippen molar-refractivity contribution in [2.45, 2.75) is 27.0 Å². The largest absolute Gasteiger partial charge is 0.446 e. The molecular formula is C18H17ClN4OS. The van der Waals surface area contributed by atoms with E-state index in [-0.39, 0.29) is 6.23 Å². The topological polar surface area (TPSA) is 72.5 Å². The Morgan fingerprint density at radius 1 is 1.24 bits per heavy atom. The van der Waals surface area contributed by atoms with Crippen molar-refractivity contribution in [1.82, 2.24) is 10.4 Å². The van der Waals surface area contributed by atoms with E-state index in [4.69, 9.17) is 22.1 Å². The Kier molecular flexibility index (Phi) is 3.81. The van der Waals surface area contributed by atoms with E-state index in [0.29, 0.717) is 16.6 Å². The Bertz CT molecular complexity index is 1030. The van der Waals surface area contributed by atoms with Crippen LogP contribution in [0.1, 0.15) is 33.5 Å². The summed E-state index contributed by atoms with van der Waals surface area (Å²) in [5.41, 5.74) is 14.3. The van der Waals surface area contributed by atoms with Gasteiger partial charge in [-0.15, -0.1) is 16.4 Å². The van der Waals surface area contributed by atoms with E-state index < -0.39 is 0 Å². The molecule has 25 heavy (non-hydrogen) atoms. The minimum absolute atomic E-state index is 0.379. The zero-order valence-corrected chi connectivity index (χ0v) is 15.6. The van der Waals surface area contributed by atoms with Gasteiger partial charge in [0.2, 0.25) is 6.23 Å². The predicted octanol–water partition coefficient (Wildman–Crippen LogP) is 4.44. The summed E-state index contributed by atoms with van der Waals surface area (Å²) < 4.78 is 5.98. The molecule has 1 aromatic carbocycles. The van der Waals surface area contributed by atoms with E-state index in [2.05, 4.69) is 29.4 Å². The number of thiophene rings is 1. The Morgan fingerprint density at radius 2 is 2.04 bits per heavy atom. The number of hydrogen-bond acceptors (Lipinski definition) is 6. The summed E-state index contributed by atoms with van der Waals surface area (Å²) in [6, 6.07) is 7.50. The van der Waals surface area contributed by atoms with Crippen molar-refractivity contribution in [3.63, 3.8) is 0 Å². The lowest BCUT2D eigenvalue weighted by Gasteiger charge is -2.11. The molecule has 1 unspecified atom stereocenters. The van der Waals surface area contributed by atoms with Gasteiger partial charge in [-0.2, -0.15) is 0 Å². The van der Waals surface area contributed by atoms with E-state index >= 15 is 0 Å². The molecule has 3 heterocycles. The zero-order chi connectivity index (χ0) is 17.7. The fourth-order valence-electron chi connectivity index (χ4n) is 2.92. The Hall–Kier alpha value is -2.31. The van der Waals surface area contributed by atoms with Crippen molar-refractivity contribution >= 4 is 44.7 Å². The fourth-order valence-corrected chi connectivity index (χ4v) is 4.26. The highest BCUT2D eigenvalue weighted by molar-refractivity contribution is 7.21. The third kappa shape index (κ3) is 2.62. The molecule has 0 saturated heterocycles. The lowest BCUT2D eigenvalue weighted by molar-refractivity contribution is 0.192. The number of benzene rings is 1. The predicted molar refractivity (Wildman–Crippen MR) is 103 cm³/mol. The van der Waals surface area contributed by atoms with Gasteiger partial charge in [0.25, 0.3) is 5.90 Å². The van der Waals surface area contributed by atoms with Crippen LogP contribution in [0.4, 0.5) is 5.69 Å². The summed E-state index contributed by atoms with van der Waals surface area (Å²) in [5, 5.41) is 5.97. The average molecular weight is 373 g/mol. The highest BCUT2D eigenvalue weighted by Crippen LogP contribution is 2.38. The van der Waals surface area contributed by atoms with Crippen molar-refractivity contribution in [3.05, 3.63) is 56.5 Å². The smallest absolute Gasteiger partial charge is 0.252 e. The number of halogens is 1. The minimum Gasteiger partial charge on any atom is -0.446 e. The summed E-state index contributed by atoms with van der Waals surface area (Å²) >= 11 is 7.56. The number of rotatable bonds is 2. The molecule has 0 amide bonds. The van der Waals surface area contributed by atoms with Gasteiger partial charge in [0.05, 0.1) is 5.69 Å². The Labute approximate surface area is 154 Å². The maximum atomic E-state index is 6.41. The molecule has 0 bridgehead atoms. The molecule has 1 aliphatic rings. The first kappa shape index (κ1) is 16.2. The van der Waals surface area contributed by atoms with E-state index in [1.165, 1.54) is 11.3 Å². The molecule has 3 aromatic rings. The lowest BCUT2D eigenvalue weighted by atomic mass is 10.1. The highest BCUT2D eigenvalue weighted by atomic mass is 35.5. The van der Waals surface area contributed by atoms with Crippen LogP contribution in [-0.2, 0) is 4.74 Å². The number of ether oxygens (including phenoxy) is 1. The highest BCUT2D eigenvalue weighted by Gasteiger charge is 2.27. The fraction of sp³-hybridized carbons (Fsp3) is 0.222. The van der Waals surface area contributed by atoms with Gasteiger partial charge in [0, 0.05) is 21.7 Å². The van der Waals surface area contributed by atoms with E-state index in [1.807, 2.05) is 31.2 Å². The van der Waals surface area contributed by atoms with Gasteiger partial charge < -0.3 is 10.5 Å². The lowest BCUT2D eigenvalue weighted by Crippen LogP contribution is -2.12. The number of nitrogens with two attached hydrogens (primary N) is 1. The van der Waals surface area contributed by atoms with Crippen molar-refractivity contribution in [3.8, 4) is 0 Å².